The Kier molecular flexibility index (Phi) is 12.4. The molecule has 0 saturated carbocycles. The van der Waals surface area contributed by atoms with Crippen LogP contribution in [0.3, 0.4) is 0 Å². The molecular formula is C24H33NO6. The van der Waals surface area contributed by atoms with Crippen molar-refractivity contribution in [2.75, 3.05) is 6.61 Å². The van der Waals surface area contributed by atoms with E-state index in [0.717, 1.165) is 17.7 Å². The van der Waals surface area contributed by atoms with E-state index in [4.69, 9.17) is 14.2 Å². The minimum Gasteiger partial charge on any atom is -0.494 e. The van der Waals surface area contributed by atoms with Gasteiger partial charge in [0.25, 0.3) is 5.69 Å². The average molecular weight is 432 g/mol. The van der Waals surface area contributed by atoms with E-state index >= 15 is 0 Å². The second kappa shape index (κ2) is 14.8. The number of nitro groups is 1. The van der Waals surface area contributed by atoms with E-state index in [9.17, 15) is 14.9 Å². The standard InChI is InChI=1S/C23H29NO6.CH4/c1-2-3-4-5-6-7-8-17-28-21-13-9-19(10-14-21)18-29-23(25)30-22-15-11-20(12-16-22)24(26)27;/h9-16H,2-8,17-18H2,1H3;1H4. The summed E-state index contributed by atoms with van der Waals surface area (Å²) < 4.78 is 15.8. The SMILES string of the molecule is C.CCCCCCCCCOc1ccc(COC(=O)Oc2ccc([N+](=O)[O-])cc2)cc1. The lowest BCUT2D eigenvalue weighted by atomic mass is 10.1. The van der Waals surface area contributed by atoms with Crippen molar-refractivity contribution in [3.63, 3.8) is 0 Å². The summed E-state index contributed by atoms with van der Waals surface area (Å²) in [6.07, 6.45) is 7.83. The Morgan fingerprint density at radius 1 is 0.871 bits per heavy atom. The third-order valence-corrected chi connectivity index (χ3v) is 4.55. The van der Waals surface area contributed by atoms with Crippen LogP contribution in [0.1, 0.15) is 64.9 Å². The number of non-ortho nitro benzene ring substituents is 1. The first kappa shape index (κ1) is 25.9. The van der Waals surface area contributed by atoms with Crippen molar-refractivity contribution in [3.8, 4) is 11.5 Å². The molecule has 2 rings (SSSR count). The van der Waals surface area contributed by atoms with Crippen molar-refractivity contribution in [1.29, 1.82) is 0 Å². The number of carbonyl (C=O) groups excluding carboxylic acids is 1. The molecule has 2 aromatic carbocycles. The average Bonchev–Trinajstić information content (AvgIpc) is 2.75. The number of hydrogen-bond acceptors (Lipinski definition) is 6. The fraction of sp³-hybridized carbons (Fsp3) is 0.458. The van der Waals surface area contributed by atoms with Crippen molar-refractivity contribution in [2.45, 2.75) is 65.9 Å². The molecule has 7 heteroatoms. The lowest BCUT2D eigenvalue weighted by Gasteiger charge is -2.08. The summed E-state index contributed by atoms with van der Waals surface area (Å²) in [7, 11) is 0. The zero-order chi connectivity index (χ0) is 21.6. The number of benzene rings is 2. The van der Waals surface area contributed by atoms with Gasteiger partial charge in [0.1, 0.15) is 18.1 Å². The molecule has 0 amide bonds. The first-order valence-corrected chi connectivity index (χ1v) is 10.4. The molecule has 2 aromatic rings. The Bertz CT molecular complexity index is 774. The zero-order valence-corrected chi connectivity index (χ0v) is 17.4. The van der Waals surface area contributed by atoms with Crippen LogP contribution in [0.4, 0.5) is 10.5 Å². The Morgan fingerprint density at radius 3 is 2.06 bits per heavy atom. The molecule has 0 spiro atoms. The molecule has 170 valence electrons. The highest BCUT2D eigenvalue weighted by molar-refractivity contribution is 5.64. The quantitative estimate of drug-likeness (QED) is 0.111. The maximum absolute atomic E-state index is 11.8. The van der Waals surface area contributed by atoms with Gasteiger partial charge in [0.15, 0.2) is 0 Å². The van der Waals surface area contributed by atoms with Crippen molar-refractivity contribution >= 4 is 11.8 Å². The van der Waals surface area contributed by atoms with Crippen molar-refractivity contribution < 1.29 is 23.9 Å². The fourth-order valence-electron chi connectivity index (χ4n) is 2.83. The summed E-state index contributed by atoms with van der Waals surface area (Å²) in [5.74, 6) is 0.970. The molecular weight excluding hydrogens is 398 g/mol. The summed E-state index contributed by atoms with van der Waals surface area (Å²) in [5, 5.41) is 10.6. The molecule has 0 atom stereocenters. The number of nitro benzene ring substituents is 1. The topological polar surface area (TPSA) is 87.9 Å². The molecule has 0 N–H and O–H groups in total. The molecule has 0 saturated heterocycles. The van der Waals surface area contributed by atoms with Gasteiger partial charge in [-0.15, -0.1) is 0 Å². The number of carbonyl (C=O) groups is 1. The van der Waals surface area contributed by atoms with E-state index < -0.39 is 11.1 Å². The number of nitrogens with zero attached hydrogens (tertiary/aromatic N) is 1. The van der Waals surface area contributed by atoms with Gasteiger partial charge in [-0.3, -0.25) is 10.1 Å². The van der Waals surface area contributed by atoms with E-state index in [1.54, 1.807) is 0 Å². The van der Waals surface area contributed by atoms with E-state index in [0.29, 0.717) is 6.61 Å². The normalized spacial score (nSPS) is 10.1. The second-order valence-electron chi connectivity index (χ2n) is 7.01. The predicted molar refractivity (Wildman–Crippen MR) is 121 cm³/mol. The molecule has 0 aliphatic carbocycles. The van der Waals surface area contributed by atoms with Crippen LogP contribution in [-0.4, -0.2) is 17.7 Å². The van der Waals surface area contributed by atoms with Crippen LogP contribution in [0.2, 0.25) is 0 Å². The molecule has 0 bridgehead atoms. The summed E-state index contributed by atoms with van der Waals surface area (Å²) in [4.78, 5) is 21.8. The highest BCUT2D eigenvalue weighted by atomic mass is 16.7. The summed E-state index contributed by atoms with van der Waals surface area (Å²) in [5.41, 5.74) is 0.726. The van der Waals surface area contributed by atoms with Crippen LogP contribution in [0, 0.1) is 10.1 Å². The molecule has 0 unspecified atom stereocenters. The minimum atomic E-state index is -0.872. The van der Waals surface area contributed by atoms with E-state index in [2.05, 4.69) is 6.92 Å². The molecule has 0 fully saturated rings. The maximum Gasteiger partial charge on any atom is 0.514 e. The Morgan fingerprint density at radius 2 is 1.45 bits per heavy atom. The maximum atomic E-state index is 11.8. The van der Waals surface area contributed by atoms with E-state index in [1.807, 2.05) is 24.3 Å². The third-order valence-electron chi connectivity index (χ3n) is 4.55. The smallest absolute Gasteiger partial charge is 0.494 e. The number of hydrogen-bond donors (Lipinski definition) is 0. The molecule has 7 nitrogen and oxygen atoms in total. The first-order valence-electron chi connectivity index (χ1n) is 10.4. The van der Waals surface area contributed by atoms with E-state index in [-0.39, 0.29) is 25.5 Å². The fourth-order valence-corrected chi connectivity index (χ4v) is 2.83. The van der Waals surface area contributed by atoms with Crippen LogP contribution in [0.15, 0.2) is 48.5 Å². The van der Waals surface area contributed by atoms with Crippen molar-refractivity contribution in [3.05, 3.63) is 64.2 Å². The Hall–Kier alpha value is -3.09. The van der Waals surface area contributed by atoms with Gasteiger partial charge in [-0.1, -0.05) is 65.0 Å². The van der Waals surface area contributed by atoms with Gasteiger partial charge in [0, 0.05) is 12.1 Å². The molecule has 31 heavy (non-hydrogen) atoms. The highest BCUT2D eigenvalue weighted by Gasteiger charge is 2.09. The summed E-state index contributed by atoms with van der Waals surface area (Å²) in [6, 6.07) is 12.6. The largest absolute Gasteiger partial charge is 0.514 e. The van der Waals surface area contributed by atoms with Crippen molar-refractivity contribution in [2.24, 2.45) is 0 Å². The van der Waals surface area contributed by atoms with E-state index in [1.165, 1.54) is 62.8 Å². The van der Waals surface area contributed by atoms with Gasteiger partial charge >= 0.3 is 6.16 Å². The second-order valence-corrected chi connectivity index (χ2v) is 7.01. The van der Waals surface area contributed by atoms with Gasteiger partial charge in [-0.05, 0) is 36.2 Å². The lowest BCUT2D eigenvalue weighted by Crippen LogP contribution is -2.10. The van der Waals surface area contributed by atoms with Crippen LogP contribution < -0.4 is 9.47 Å². The molecule has 0 aromatic heterocycles. The lowest BCUT2D eigenvalue weighted by molar-refractivity contribution is -0.384. The van der Waals surface area contributed by atoms with Gasteiger partial charge < -0.3 is 14.2 Å². The van der Waals surface area contributed by atoms with Gasteiger partial charge in [-0.25, -0.2) is 4.79 Å². The molecule has 0 aliphatic rings. The van der Waals surface area contributed by atoms with Crippen LogP contribution in [-0.2, 0) is 11.3 Å². The number of rotatable bonds is 13. The molecule has 0 heterocycles. The van der Waals surface area contributed by atoms with Crippen LogP contribution in [0.25, 0.3) is 0 Å². The van der Waals surface area contributed by atoms with Gasteiger partial charge in [0.05, 0.1) is 11.5 Å². The van der Waals surface area contributed by atoms with Crippen LogP contribution in [0.5, 0.6) is 11.5 Å². The van der Waals surface area contributed by atoms with Crippen LogP contribution >= 0.6 is 0 Å². The minimum absolute atomic E-state index is 0. The van der Waals surface area contributed by atoms with Crippen molar-refractivity contribution in [1.82, 2.24) is 0 Å². The Labute approximate surface area is 184 Å². The summed E-state index contributed by atoms with van der Waals surface area (Å²) >= 11 is 0. The predicted octanol–water partition coefficient (Wildman–Crippen LogP) is 7.08. The highest BCUT2D eigenvalue weighted by Crippen LogP contribution is 2.18. The molecule has 0 radical (unpaired) electrons. The first-order chi connectivity index (χ1) is 14.6. The zero-order valence-electron chi connectivity index (χ0n) is 17.4. The van der Waals surface area contributed by atoms with Gasteiger partial charge in [0.2, 0.25) is 0 Å². The monoisotopic (exact) mass is 431 g/mol. The third kappa shape index (κ3) is 10.5. The summed E-state index contributed by atoms with van der Waals surface area (Å²) in [6.45, 7) is 2.98. The Balaban J connectivity index is 0.00000480. The number of unbranched alkanes of at least 4 members (excludes halogenated alkanes) is 6. The molecule has 0 aliphatic heterocycles. The van der Waals surface area contributed by atoms with Gasteiger partial charge in [-0.2, -0.15) is 0 Å². The number of ether oxygens (including phenoxy) is 3.